The standard InChI is InChI=1S/C14H18BrNO2/c1-10-4-5-11(7-13(10)15)8-16-6-2-3-12(9-16)14(17)18/h4-5,7,12H,2-3,6,8-9H2,1H3,(H,17,18). The summed E-state index contributed by atoms with van der Waals surface area (Å²) in [5.74, 6) is -0.863. The lowest BCUT2D eigenvalue weighted by molar-refractivity contribution is -0.143. The average Bonchev–Trinajstić information content (AvgIpc) is 2.34. The van der Waals surface area contributed by atoms with E-state index in [1.807, 2.05) is 0 Å². The maximum Gasteiger partial charge on any atom is 0.307 e. The van der Waals surface area contributed by atoms with Crippen LogP contribution in [-0.2, 0) is 11.3 Å². The van der Waals surface area contributed by atoms with Crippen LogP contribution in [0, 0.1) is 12.8 Å². The Balaban J connectivity index is 2.00. The molecule has 2 rings (SSSR count). The van der Waals surface area contributed by atoms with Crippen molar-refractivity contribution in [3.8, 4) is 0 Å². The summed E-state index contributed by atoms with van der Waals surface area (Å²) in [7, 11) is 0. The molecular weight excluding hydrogens is 294 g/mol. The molecule has 0 saturated carbocycles. The first-order valence-corrected chi connectivity index (χ1v) is 7.06. The van der Waals surface area contributed by atoms with Crippen LogP contribution in [0.2, 0.25) is 0 Å². The molecule has 1 aromatic rings. The third-order valence-electron chi connectivity index (χ3n) is 3.50. The number of aryl methyl sites for hydroxylation is 1. The van der Waals surface area contributed by atoms with Crippen LogP contribution in [0.25, 0.3) is 0 Å². The molecule has 1 saturated heterocycles. The van der Waals surface area contributed by atoms with Crippen LogP contribution < -0.4 is 0 Å². The maximum absolute atomic E-state index is 11.0. The number of piperidine rings is 1. The van der Waals surface area contributed by atoms with Crippen LogP contribution >= 0.6 is 15.9 Å². The third kappa shape index (κ3) is 3.33. The number of likely N-dealkylation sites (tertiary alicyclic amines) is 1. The van der Waals surface area contributed by atoms with Gasteiger partial charge in [0.1, 0.15) is 0 Å². The summed E-state index contributed by atoms with van der Waals surface area (Å²) in [6.07, 6.45) is 1.79. The van der Waals surface area contributed by atoms with Gasteiger partial charge in [-0.05, 0) is 43.5 Å². The summed E-state index contributed by atoms with van der Waals surface area (Å²) in [5.41, 5.74) is 2.46. The molecule has 98 valence electrons. The Morgan fingerprint density at radius 3 is 3.00 bits per heavy atom. The number of carboxylic acid groups (broad SMARTS) is 1. The van der Waals surface area contributed by atoms with Gasteiger partial charge in [-0.1, -0.05) is 28.1 Å². The van der Waals surface area contributed by atoms with Crippen molar-refractivity contribution < 1.29 is 9.90 Å². The lowest BCUT2D eigenvalue weighted by atomic mass is 9.98. The van der Waals surface area contributed by atoms with E-state index < -0.39 is 5.97 Å². The first-order valence-electron chi connectivity index (χ1n) is 6.26. The van der Waals surface area contributed by atoms with Crippen molar-refractivity contribution in [1.29, 1.82) is 0 Å². The minimum Gasteiger partial charge on any atom is -0.481 e. The van der Waals surface area contributed by atoms with E-state index in [1.165, 1.54) is 11.1 Å². The van der Waals surface area contributed by atoms with Gasteiger partial charge in [0.05, 0.1) is 5.92 Å². The highest BCUT2D eigenvalue weighted by Crippen LogP contribution is 2.22. The number of hydrogen-bond donors (Lipinski definition) is 1. The summed E-state index contributed by atoms with van der Waals surface area (Å²) >= 11 is 3.53. The number of nitrogens with zero attached hydrogens (tertiary/aromatic N) is 1. The van der Waals surface area contributed by atoms with E-state index in [9.17, 15) is 4.79 Å². The molecule has 0 aromatic heterocycles. The molecular formula is C14H18BrNO2. The molecule has 1 unspecified atom stereocenters. The van der Waals surface area contributed by atoms with Crippen LogP contribution in [0.3, 0.4) is 0 Å². The van der Waals surface area contributed by atoms with Gasteiger partial charge in [0.25, 0.3) is 0 Å². The van der Waals surface area contributed by atoms with E-state index >= 15 is 0 Å². The highest BCUT2D eigenvalue weighted by molar-refractivity contribution is 9.10. The SMILES string of the molecule is Cc1ccc(CN2CCCC(C(=O)O)C2)cc1Br. The zero-order chi connectivity index (χ0) is 13.1. The van der Waals surface area contributed by atoms with Crippen LogP contribution in [0.1, 0.15) is 24.0 Å². The number of hydrogen-bond acceptors (Lipinski definition) is 2. The fraction of sp³-hybridized carbons (Fsp3) is 0.500. The van der Waals surface area contributed by atoms with Gasteiger partial charge in [0.15, 0.2) is 0 Å². The molecule has 0 bridgehead atoms. The highest BCUT2D eigenvalue weighted by atomic mass is 79.9. The van der Waals surface area contributed by atoms with E-state index in [2.05, 4.69) is 46.0 Å². The average molecular weight is 312 g/mol. The quantitative estimate of drug-likeness (QED) is 0.932. The predicted octanol–water partition coefficient (Wildman–Crippen LogP) is 3.05. The number of aliphatic carboxylic acids is 1. The largest absolute Gasteiger partial charge is 0.481 e. The second kappa shape index (κ2) is 5.85. The van der Waals surface area contributed by atoms with E-state index in [-0.39, 0.29) is 5.92 Å². The van der Waals surface area contributed by atoms with Gasteiger partial charge in [-0.2, -0.15) is 0 Å². The minimum absolute atomic E-state index is 0.201. The van der Waals surface area contributed by atoms with Crippen molar-refractivity contribution in [2.75, 3.05) is 13.1 Å². The van der Waals surface area contributed by atoms with Crippen molar-refractivity contribution in [1.82, 2.24) is 4.90 Å². The Labute approximate surface area is 116 Å². The molecule has 3 nitrogen and oxygen atoms in total. The summed E-state index contributed by atoms with van der Waals surface area (Å²) < 4.78 is 1.12. The smallest absolute Gasteiger partial charge is 0.307 e. The van der Waals surface area contributed by atoms with Crippen molar-refractivity contribution in [3.63, 3.8) is 0 Å². The van der Waals surface area contributed by atoms with Crippen LogP contribution in [-0.4, -0.2) is 29.1 Å². The molecule has 1 aliphatic heterocycles. The molecule has 0 radical (unpaired) electrons. The van der Waals surface area contributed by atoms with Crippen molar-refractivity contribution in [2.45, 2.75) is 26.3 Å². The number of rotatable bonds is 3. The Morgan fingerprint density at radius 2 is 2.33 bits per heavy atom. The van der Waals surface area contributed by atoms with Crippen LogP contribution in [0.5, 0.6) is 0 Å². The molecule has 1 atom stereocenters. The molecule has 1 fully saturated rings. The van der Waals surface area contributed by atoms with Gasteiger partial charge < -0.3 is 5.11 Å². The topological polar surface area (TPSA) is 40.5 Å². The molecule has 0 amide bonds. The molecule has 4 heteroatoms. The minimum atomic E-state index is -0.662. The van der Waals surface area contributed by atoms with Crippen molar-refractivity contribution in [2.24, 2.45) is 5.92 Å². The van der Waals surface area contributed by atoms with E-state index in [4.69, 9.17) is 5.11 Å². The van der Waals surface area contributed by atoms with Gasteiger partial charge in [0.2, 0.25) is 0 Å². The van der Waals surface area contributed by atoms with Gasteiger partial charge in [-0.25, -0.2) is 0 Å². The molecule has 1 heterocycles. The monoisotopic (exact) mass is 311 g/mol. The Kier molecular flexibility index (Phi) is 4.40. The summed E-state index contributed by atoms with van der Waals surface area (Å²) in [5, 5.41) is 9.07. The van der Waals surface area contributed by atoms with Crippen LogP contribution in [0.15, 0.2) is 22.7 Å². The highest BCUT2D eigenvalue weighted by Gasteiger charge is 2.25. The maximum atomic E-state index is 11.0. The summed E-state index contributed by atoms with van der Waals surface area (Å²) in [6.45, 7) is 4.56. The fourth-order valence-corrected chi connectivity index (χ4v) is 2.82. The van der Waals surface area contributed by atoms with Crippen molar-refractivity contribution >= 4 is 21.9 Å². The van der Waals surface area contributed by atoms with Gasteiger partial charge in [-0.3, -0.25) is 9.69 Å². The second-order valence-corrected chi connectivity index (χ2v) is 5.85. The zero-order valence-corrected chi connectivity index (χ0v) is 12.1. The fourth-order valence-electron chi connectivity index (χ4n) is 2.39. The van der Waals surface area contributed by atoms with E-state index in [0.717, 1.165) is 30.4 Å². The molecule has 1 aromatic carbocycles. The first kappa shape index (κ1) is 13.6. The van der Waals surface area contributed by atoms with E-state index in [1.54, 1.807) is 0 Å². The molecule has 0 spiro atoms. The molecule has 1 N–H and O–H groups in total. The normalized spacial score (nSPS) is 20.9. The first-order chi connectivity index (χ1) is 8.56. The van der Waals surface area contributed by atoms with Gasteiger partial charge in [-0.15, -0.1) is 0 Å². The predicted molar refractivity (Wildman–Crippen MR) is 74.5 cm³/mol. The molecule has 18 heavy (non-hydrogen) atoms. The summed E-state index contributed by atoms with van der Waals surface area (Å²) in [4.78, 5) is 13.3. The second-order valence-electron chi connectivity index (χ2n) is 5.00. The number of benzene rings is 1. The number of halogens is 1. The number of carbonyl (C=O) groups is 1. The zero-order valence-electron chi connectivity index (χ0n) is 10.5. The summed E-state index contributed by atoms with van der Waals surface area (Å²) in [6, 6.07) is 6.34. The third-order valence-corrected chi connectivity index (χ3v) is 4.35. The molecule has 0 aliphatic carbocycles. The van der Waals surface area contributed by atoms with Gasteiger partial charge in [0, 0.05) is 17.6 Å². The van der Waals surface area contributed by atoms with Gasteiger partial charge >= 0.3 is 5.97 Å². The Morgan fingerprint density at radius 1 is 1.56 bits per heavy atom. The van der Waals surface area contributed by atoms with Crippen molar-refractivity contribution in [3.05, 3.63) is 33.8 Å². The molecule has 1 aliphatic rings. The van der Waals surface area contributed by atoms with Crippen LogP contribution in [0.4, 0.5) is 0 Å². The Hall–Kier alpha value is -0.870. The lowest BCUT2D eigenvalue weighted by Gasteiger charge is -2.30. The van der Waals surface area contributed by atoms with E-state index in [0.29, 0.717) is 6.54 Å². The number of carboxylic acids is 1. The Bertz CT molecular complexity index is 447. The lowest BCUT2D eigenvalue weighted by Crippen LogP contribution is -2.38.